The second kappa shape index (κ2) is 5.52. The molecule has 0 aliphatic heterocycles. The van der Waals surface area contributed by atoms with Gasteiger partial charge in [-0.2, -0.15) is 13.2 Å². The van der Waals surface area contributed by atoms with Crippen LogP contribution >= 0.6 is 0 Å². The summed E-state index contributed by atoms with van der Waals surface area (Å²) in [5.41, 5.74) is 0.737. The number of ketones is 1. The van der Waals surface area contributed by atoms with Crippen molar-refractivity contribution in [2.45, 2.75) is 13.1 Å². The summed E-state index contributed by atoms with van der Waals surface area (Å²) in [5, 5.41) is 0. The van der Waals surface area contributed by atoms with Crippen molar-refractivity contribution in [1.82, 2.24) is 0 Å². The van der Waals surface area contributed by atoms with E-state index in [0.717, 1.165) is 11.9 Å². The van der Waals surface area contributed by atoms with Crippen LogP contribution in [0.25, 0.3) is 0 Å². The second-order valence-electron chi connectivity index (χ2n) is 3.30. The molecule has 0 fully saturated rings. The first-order valence-electron chi connectivity index (χ1n) is 5.06. The van der Waals surface area contributed by atoms with E-state index in [-0.39, 0.29) is 0 Å². The van der Waals surface area contributed by atoms with Crippen molar-refractivity contribution in [1.29, 1.82) is 0 Å². The Morgan fingerprint density at radius 3 is 2.35 bits per heavy atom. The van der Waals surface area contributed by atoms with Crippen LogP contribution in [0.15, 0.2) is 42.6 Å². The van der Waals surface area contributed by atoms with Crippen molar-refractivity contribution in [2.24, 2.45) is 0 Å². The predicted octanol–water partition coefficient (Wildman–Crippen LogP) is 3.16. The molecule has 0 aliphatic carbocycles. The molecule has 0 saturated heterocycles. The Bertz CT molecular complexity index is 398. The van der Waals surface area contributed by atoms with E-state index >= 15 is 0 Å². The molecule has 0 N–H and O–H groups in total. The van der Waals surface area contributed by atoms with Crippen molar-refractivity contribution >= 4 is 11.5 Å². The minimum absolute atomic E-state index is 0.478. The molecule has 0 aromatic heterocycles. The molecule has 2 nitrogen and oxygen atoms in total. The van der Waals surface area contributed by atoms with E-state index in [4.69, 9.17) is 0 Å². The number of anilines is 1. The van der Waals surface area contributed by atoms with Gasteiger partial charge in [0.15, 0.2) is 0 Å². The smallest absolute Gasteiger partial charge is 0.348 e. The lowest BCUT2D eigenvalue weighted by atomic mass is 10.3. The molecule has 5 heteroatoms. The molecule has 1 rings (SSSR count). The first kappa shape index (κ1) is 13.3. The van der Waals surface area contributed by atoms with Crippen LogP contribution in [0.5, 0.6) is 0 Å². The Labute approximate surface area is 97.3 Å². The number of alkyl halides is 3. The monoisotopic (exact) mass is 243 g/mol. The van der Waals surface area contributed by atoms with Crippen molar-refractivity contribution in [3.63, 3.8) is 0 Å². The predicted molar refractivity (Wildman–Crippen MR) is 59.7 cm³/mol. The summed E-state index contributed by atoms with van der Waals surface area (Å²) in [6, 6.07) is 8.87. The summed E-state index contributed by atoms with van der Waals surface area (Å²) in [6.07, 6.45) is -3.13. The van der Waals surface area contributed by atoms with E-state index < -0.39 is 12.0 Å². The SMILES string of the molecule is CCN(C=CC(=O)C(F)(F)F)c1ccccc1. The van der Waals surface area contributed by atoms with Gasteiger partial charge in [-0.1, -0.05) is 18.2 Å². The van der Waals surface area contributed by atoms with Crippen LogP contribution in [0, 0.1) is 0 Å². The maximum atomic E-state index is 12.0. The molecular weight excluding hydrogens is 231 g/mol. The lowest BCUT2D eigenvalue weighted by Gasteiger charge is -2.17. The number of carbonyl (C=O) groups is 1. The van der Waals surface area contributed by atoms with Gasteiger partial charge < -0.3 is 4.90 Å². The Kier molecular flexibility index (Phi) is 4.31. The van der Waals surface area contributed by atoms with Gasteiger partial charge in [-0.15, -0.1) is 0 Å². The fraction of sp³-hybridized carbons (Fsp3) is 0.250. The molecule has 17 heavy (non-hydrogen) atoms. The van der Waals surface area contributed by atoms with Crippen LogP contribution in [0.3, 0.4) is 0 Å². The average Bonchev–Trinajstić information content (AvgIpc) is 2.29. The highest BCUT2D eigenvalue weighted by Gasteiger charge is 2.36. The lowest BCUT2D eigenvalue weighted by molar-refractivity contribution is -0.165. The average molecular weight is 243 g/mol. The fourth-order valence-electron chi connectivity index (χ4n) is 1.25. The summed E-state index contributed by atoms with van der Waals surface area (Å²) < 4.78 is 36.0. The minimum atomic E-state index is -4.81. The maximum absolute atomic E-state index is 12.0. The third kappa shape index (κ3) is 3.94. The number of hydrogen-bond acceptors (Lipinski definition) is 2. The number of hydrogen-bond donors (Lipinski definition) is 0. The van der Waals surface area contributed by atoms with E-state index in [1.54, 1.807) is 36.1 Å². The van der Waals surface area contributed by atoms with Crippen LogP contribution in [0.4, 0.5) is 18.9 Å². The largest absolute Gasteiger partial charge is 0.454 e. The molecule has 0 bridgehead atoms. The number of nitrogens with zero attached hydrogens (tertiary/aromatic N) is 1. The third-order valence-corrected chi connectivity index (χ3v) is 2.11. The van der Waals surface area contributed by atoms with Crippen LogP contribution in [-0.2, 0) is 4.79 Å². The van der Waals surface area contributed by atoms with Crippen molar-refractivity contribution in [2.75, 3.05) is 11.4 Å². The van der Waals surface area contributed by atoms with Crippen molar-refractivity contribution in [3.8, 4) is 0 Å². The molecule has 0 heterocycles. The zero-order valence-corrected chi connectivity index (χ0v) is 9.24. The number of rotatable bonds is 4. The first-order valence-corrected chi connectivity index (χ1v) is 5.06. The molecule has 0 radical (unpaired) electrons. The van der Waals surface area contributed by atoms with Crippen LogP contribution in [0.1, 0.15) is 6.92 Å². The van der Waals surface area contributed by atoms with Gasteiger partial charge in [0.1, 0.15) is 0 Å². The van der Waals surface area contributed by atoms with E-state index in [9.17, 15) is 18.0 Å². The summed E-state index contributed by atoms with van der Waals surface area (Å²) in [4.78, 5) is 12.2. The van der Waals surface area contributed by atoms with E-state index in [0.29, 0.717) is 12.6 Å². The Morgan fingerprint density at radius 1 is 1.29 bits per heavy atom. The standard InChI is InChI=1S/C12H12F3NO/c1-2-16(10-6-4-3-5-7-10)9-8-11(17)12(13,14)15/h3-9H,2H2,1H3. The highest BCUT2D eigenvalue weighted by atomic mass is 19.4. The Morgan fingerprint density at radius 2 is 1.88 bits per heavy atom. The van der Waals surface area contributed by atoms with E-state index in [1.807, 2.05) is 6.07 Å². The molecule has 1 aromatic carbocycles. The molecule has 1 aromatic rings. The molecule has 92 valence electrons. The molecule has 0 spiro atoms. The zero-order chi connectivity index (χ0) is 12.9. The maximum Gasteiger partial charge on any atom is 0.454 e. The van der Waals surface area contributed by atoms with E-state index in [2.05, 4.69) is 0 Å². The molecule has 0 atom stereocenters. The third-order valence-electron chi connectivity index (χ3n) is 2.11. The van der Waals surface area contributed by atoms with Gasteiger partial charge in [0, 0.05) is 24.5 Å². The summed E-state index contributed by atoms with van der Waals surface area (Å²) >= 11 is 0. The van der Waals surface area contributed by atoms with Crippen molar-refractivity contribution < 1.29 is 18.0 Å². The van der Waals surface area contributed by atoms with Gasteiger partial charge in [-0.05, 0) is 19.1 Å². The fourth-order valence-corrected chi connectivity index (χ4v) is 1.25. The highest BCUT2D eigenvalue weighted by Crippen LogP contribution is 2.18. The molecular formula is C12H12F3NO. The van der Waals surface area contributed by atoms with Crippen LogP contribution in [0.2, 0.25) is 0 Å². The summed E-state index contributed by atoms with van der Waals surface area (Å²) in [7, 11) is 0. The topological polar surface area (TPSA) is 20.3 Å². The molecule has 0 unspecified atom stereocenters. The summed E-state index contributed by atoms with van der Waals surface area (Å²) in [6.45, 7) is 2.26. The number of benzene rings is 1. The highest BCUT2D eigenvalue weighted by molar-refractivity contribution is 5.94. The first-order chi connectivity index (χ1) is 7.95. The minimum Gasteiger partial charge on any atom is -0.348 e. The number of halogens is 3. The number of allylic oxidation sites excluding steroid dienone is 1. The summed E-state index contributed by atoms with van der Waals surface area (Å²) in [5.74, 6) is -1.85. The molecule has 0 saturated carbocycles. The van der Waals surface area contributed by atoms with Crippen LogP contribution in [-0.4, -0.2) is 18.5 Å². The molecule has 0 aliphatic rings. The van der Waals surface area contributed by atoms with Gasteiger partial charge in [0.05, 0.1) is 0 Å². The zero-order valence-electron chi connectivity index (χ0n) is 9.24. The van der Waals surface area contributed by atoms with Gasteiger partial charge in [0.2, 0.25) is 0 Å². The van der Waals surface area contributed by atoms with Crippen molar-refractivity contribution in [3.05, 3.63) is 42.6 Å². The Hall–Kier alpha value is -1.78. The number of carbonyl (C=O) groups excluding carboxylic acids is 1. The lowest BCUT2D eigenvalue weighted by Crippen LogP contribution is -2.22. The Balaban J connectivity index is 2.78. The second-order valence-corrected chi connectivity index (χ2v) is 3.30. The van der Waals surface area contributed by atoms with Gasteiger partial charge in [-0.3, -0.25) is 4.79 Å². The van der Waals surface area contributed by atoms with Crippen LogP contribution < -0.4 is 4.90 Å². The number of para-hydroxylation sites is 1. The van der Waals surface area contributed by atoms with Gasteiger partial charge >= 0.3 is 6.18 Å². The quantitative estimate of drug-likeness (QED) is 0.757. The van der Waals surface area contributed by atoms with E-state index in [1.165, 1.54) is 0 Å². The van der Waals surface area contributed by atoms with Gasteiger partial charge in [-0.25, -0.2) is 0 Å². The van der Waals surface area contributed by atoms with Gasteiger partial charge in [0.25, 0.3) is 5.78 Å². The normalized spacial score (nSPS) is 11.8. The molecule has 0 amide bonds.